The Bertz CT molecular complexity index is 813. The van der Waals surface area contributed by atoms with Crippen LogP contribution in [0.3, 0.4) is 0 Å². The molecule has 0 saturated heterocycles. The summed E-state index contributed by atoms with van der Waals surface area (Å²) in [5.41, 5.74) is -0.385. The molecule has 0 radical (unpaired) electrons. The number of carbonyl (C=O) groups excluding carboxylic acids is 2. The van der Waals surface area contributed by atoms with Crippen LogP contribution in [-0.2, 0) is 9.53 Å². The predicted molar refractivity (Wildman–Crippen MR) is 100 cm³/mol. The SMILES string of the molecule is COc1ccc(C(=O)OCC(=O)NCCSc2ccccc2)cc1[N+](=O)[O-]. The second-order valence-corrected chi connectivity index (χ2v) is 6.40. The lowest BCUT2D eigenvalue weighted by atomic mass is 10.2. The molecule has 0 spiro atoms. The number of methoxy groups -OCH3 is 1. The van der Waals surface area contributed by atoms with E-state index in [1.165, 1.54) is 19.2 Å². The first-order valence-corrected chi connectivity index (χ1v) is 8.94. The van der Waals surface area contributed by atoms with Crippen molar-refractivity contribution in [3.05, 3.63) is 64.2 Å². The van der Waals surface area contributed by atoms with Gasteiger partial charge in [-0.3, -0.25) is 14.9 Å². The fourth-order valence-corrected chi connectivity index (χ4v) is 2.89. The van der Waals surface area contributed by atoms with E-state index in [-0.39, 0.29) is 17.0 Å². The summed E-state index contributed by atoms with van der Waals surface area (Å²) in [6.07, 6.45) is 0. The standard InChI is InChI=1S/C18H18N2O6S/c1-25-16-8-7-13(11-15(16)20(23)24)18(22)26-12-17(21)19-9-10-27-14-5-3-2-4-6-14/h2-8,11H,9-10,12H2,1H3,(H,19,21). The quantitative estimate of drug-likeness (QED) is 0.231. The molecule has 2 rings (SSSR count). The molecule has 2 aromatic rings. The van der Waals surface area contributed by atoms with Crippen molar-refractivity contribution in [2.24, 2.45) is 0 Å². The zero-order chi connectivity index (χ0) is 19.6. The Morgan fingerprint density at radius 3 is 2.59 bits per heavy atom. The largest absolute Gasteiger partial charge is 0.490 e. The molecule has 1 N–H and O–H groups in total. The van der Waals surface area contributed by atoms with E-state index in [4.69, 9.17) is 9.47 Å². The molecule has 0 fully saturated rings. The van der Waals surface area contributed by atoms with Gasteiger partial charge in [0.05, 0.1) is 17.6 Å². The summed E-state index contributed by atoms with van der Waals surface area (Å²) in [7, 11) is 1.29. The zero-order valence-corrected chi connectivity index (χ0v) is 15.4. The highest BCUT2D eigenvalue weighted by molar-refractivity contribution is 7.99. The van der Waals surface area contributed by atoms with Gasteiger partial charge in [0.25, 0.3) is 5.91 Å². The van der Waals surface area contributed by atoms with Gasteiger partial charge in [0.2, 0.25) is 0 Å². The number of nitrogens with zero attached hydrogens (tertiary/aromatic N) is 1. The number of nitro groups is 1. The van der Waals surface area contributed by atoms with Crippen molar-refractivity contribution in [1.82, 2.24) is 5.32 Å². The third-order valence-corrected chi connectivity index (χ3v) is 4.40. The molecule has 1 amide bonds. The van der Waals surface area contributed by atoms with E-state index in [9.17, 15) is 19.7 Å². The number of nitrogens with one attached hydrogen (secondary N) is 1. The highest BCUT2D eigenvalue weighted by atomic mass is 32.2. The molecule has 0 aliphatic heterocycles. The van der Waals surface area contributed by atoms with Crippen LogP contribution in [0.1, 0.15) is 10.4 Å². The van der Waals surface area contributed by atoms with Crippen LogP contribution >= 0.6 is 11.8 Å². The Balaban J connectivity index is 1.77. The third kappa shape index (κ3) is 6.30. The van der Waals surface area contributed by atoms with E-state index in [0.29, 0.717) is 12.3 Å². The van der Waals surface area contributed by atoms with Crippen LogP contribution in [0.4, 0.5) is 5.69 Å². The maximum absolute atomic E-state index is 12.0. The van der Waals surface area contributed by atoms with Crippen LogP contribution in [0.25, 0.3) is 0 Å². The van der Waals surface area contributed by atoms with Gasteiger partial charge in [-0.25, -0.2) is 4.79 Å². The molecule has 0 aliphatic rings. The molecule has 2 aromatic carbocycles. The number of esters is 1. The molecule has 0 atom stereocenters. The number of amides is 1. The first-order chi connectivity index (χ1) is 13.0. The van der Waals surface area contributed by atoms with Gasteiger partial charge in [0, 0.05) is 23.3 Å². The van der Waals surface area contributed by atoms with Crippen molar-refractivity contribution in [2.75, 3.05) is 26.0 Å². The minimum absolute atomic E-state index is 0.0325. The predicted octanol–water partition coefficient (Wildman–Crippen LogP) is 2.67. The fourth-order valence-electron chi connectivity index (χ4n) is 2.10. The van der Waals surface area contributed by atoms with Gasteiger partial charge < -0.3 is 14.8 Å². The average Bonchev–Trinajstić information content (AvgIpc) is 2.69. The monoisotopic (exact) mass is 390 g/mol. The first-order valence-electron chi connectivity index (χ1n) is 7.95. The van der Waals surface area contributed by atoms with Gasteiger partial charge in [0.15, 0.2) is 12.4 Å². The number of rotatable bonds is 9. The van der Waals surface area contributed by atoms with Crippen LogP contribution < -0.4 is 10.1 Å². The lowest BCUT2D eigenvalue weighted by Gasteiger charge is -2.07. The van der Waals surface area contributed by atoms with Crippen LogP contribution in [-0.4, -0.2) is 42.8 Å². The number of ether oxygens (including phenoxy) is 2. The van der Waals surface area contributed by atoms with Crippen LogP contribution in [0.15, 0.2) is 53.4 Å². The minimum atomic E-state index is -0.824. The maximum Gasteiger partial charge on any atom is 0.338 e. The number of carbonyl (C=O) groups is 2. The van der Waals surface area contributed by atoms with Crippen LogP contribution in [0.5, 0.6) is 5.75 Å². The summed E-state index contributed by atoms with van der Waals surface area (Å²) in [6, 6.07) is 13.4. The van der Waals surface area contributed by atoms with Crippen molar-refractivity contribution in [1.29, 1.82) is 0 Å². The second kappa shape index (κ2) is 10.2. The van der Waals surface area contributed by atoms with Gasteiger partial charge in [-0.1, -0.05) is 18.2 Å². The van der Waals surface area contributed by atoms with Gasteiger partial charge in [-0.2, -0.15) is 0 Å². The topological polar surface area (TPSA) is 108 Å². The van der Waals surface area contributed by atoms with E-state index in [0.717, 1.165) is 11.0 Å². The normalized spacial score (nSPS) is 10.1. The Hall–Kier alpha value is -3.07. The van der Waals surface area contributed by atoms with Crippen molar-refractivity contribution in [2.45, 2.75) is 4.90 Å². The Morgan fingerprint density at radius 1 is 1.19 bits per heavy atom. The summed E-state index contributed by atoms with van der Waals surface area (Å²) < 4.78 is 9.76. The highest BCUT2D eigenvalue weighted by Gasteiger charge is 2.19. The molecule has 0 aromatic heterocycles. The van der Waals surface area contributed by atoms with Gasteiger partial charge in [-0.05, 0) is 24.3 Å². The number of benzene rings is 2. The van der Waals surface area contributed by atoms with Crippen molar-refractivity contribution in [3.63, 3.8) is 0 Å². The number of hydrogen-bond donors (Lipinski definition) is 1. The van der Waals surface area contributed by atoms with Gasteiger partial charge in [0.1, 0.15) is 0 Å². The lowest BCUT2D eigenvalue weighted by Crippen LogP contribution is -2.30. The molecule has 0 bridgehead atoms. The van der Waals surface area contributed by atoms with E-state index < -0.39 is 23.4 Å². The minimum Gasteiger partial charge on any atom is -0.490 e. The van der Waals surface area contributed by atoms with Crippen LogP contribution in [0.2, 0.25) is 0 Å². The van der Waals surface area contributed by atoms with E-state index >= 15 is 0 Å². The van der Waals surface area contributed by atoms with E-state index in [2.05, 4.69) is 5.32 Å². The summed E-state index contributed by atoms with van der Waals surface area (Å²) in [6.45, 7) is -0.0430. The average molecular weight is 390 g/mol. The third-order valence-electron chi connectivity index (χ3n) is 3.38. The number of hydrogen-bond acceptors (Lipinski definition) is 7. The molecule has 142 valence electrons. The maximum atomic E-state index is 12.0. The highest BCUT2D eigenvalue weighted by Crippen LogP contribution is 2.27. The number of nitro benzene ring substituents is 1. The summed E-state index contributed by atoms with van der Waals surface area (Å²) in [5, 5.41) is 13.6. The molecule has 8 nitrogen and oxygen atoms in total. The Labute approximate surface area is 160 Å². The molecule has 0 heterocycles. The molecule has 0 aliphatic carbocycles. The van der Waals surface area contributed by atoms with Crippen molar-refractivity contribution in [3.8, 4) is 5.75 Å². The summed E-state index contributed by atoms with van der Waals surface area (Å²) in [5.74, 6) is -0.561. The van der Waals surface area contributed by atoms with Gasteiger partial charge in [-0.15, -0.1) is 11.8 Å². The number of thioether (sulfide) groups is 1. The van der Waals surface area contributed by atoms with Crippen molar-refractivity contribution >= 4 is 29.3 Å². The van der Waals surface area contributed by atoms with Crippen molar-refractivity contribution < 1.29 is 24.0 Å². The van der Waals surface area contributed by atoms with Crippen LogP contribution in [0, 0.1) is 10.1 Å². The molecular weight excluding hydrogens is 372 g/mol. The zero-order valence-electron chi connectivity index (χ0n) is 14.5. The second-order valence-electron chi connectivity index (χ2n) is 5.23. The molecule has 0 saturated carbocycles. The van der Waals surface area contributed by atoms with E-state index in [1.807, 2.05) is 30.3 Å². The molecule has 27 heavy (non-hydrogen) atoms. The Kier molecular flexibility index (Phi) is 7.63. The fraction of sp³-hybridized carbons (Fsp3) is 0.222. The molecule has 9 heteroatoms. The van der Waals surface area contributed by atoms with Gasteiger partial charge >= 0.3 is 11.7 Å². The molecule has 0 unspecified atom stereocenters. The summed E-state index contributed by atoms with van der Waals surface area (Å²) in [4.78, 5) is 35.1. The first kappa shape index (κ1) is 20.2. The lowest BCUT2D eigenvalue weighted by molar-refractivity contribution is -0.385. The Morgan fingerprint density at radius 2 is 1.93 bits per heavy atom. The molecular formula is C18H18N2O6S. The van der Waals surface area contributed by atoms with E-state index in [1.54, 1.807) is 11.8 Å². The smallest absolute Gasteiger partial charge is 0.338 e. The summed E-state index contributed by atoms with van der Waals surface area (Å²) >= 11 is 1.59.